The molecule has 0 spiro atoms. The first kappa shape index (κ1) is 10.3. The molecule has 1 fully saturated rings. The van der Waals surface area contributed by atoms with Crippen molar-refractivity contribution in [1.82, 2.24) is 0 Å². The smallest absolute Gasteiger partial charge is 0.232 e. The molecular weight excluding hydrogens is 242 g/mol. The minimum Gasteiger partial charge on any atom is -0.280 e. The molecule has 0 unspecified atom stereocenters. The van der Waals surface area contributed by atoms with Gasteiger partial charge in [0.05, 0.1) is 15.5 Å². The highest BCUT2D eigenvalue weighted by Gasteiger charge is 2.50. The first-order valence-corrected chi connectivity index (χ1v) is 5.35. The number of carbonyl (C=O) groups excluding carboxylic acids is 1. The Morgan fingerprint density at radius 3 is 2.29 bits per heavy atom. The summed E-state index contributed by atoms with van der Waals surface area (Å²) in [6.07, 6.45) is 1.60. The van der Waals surface area contributed by atoms with Crippen molar-refractivity contribution < 1.29 is 4.79 Å². The van der Waals surface area contributed by atoms with Crippen LogP contribution in [-0.2, 0) is 10.2 Å². The van der Waals surface area contributed by atoms with Crippen LogP contribution in [0.4, 0.5) is 0 Å². The number of rotatable bonds is 2. The van der Waals surface area contributed by atoms with Gasteiger partial charge in [-0.15, -0.1) is 0 Å². The monoisotopic (exact) mass is 248 g/mol. The molecule has 0 heterocycles. The minimum atomic E-state index is -0.490. The van der Waals surface area contributed by atoms with Gasteiger partial charge in [0.2, 0.25) is 5.24 Å². The fraction of sp³-hybridized carbons (Fsp3) is 0.300. The van der Waals surface area contributed by atoms with Gasteiger partial charge in [-0.05, 0) is 42.1 Å². The molecule has 14 heavy (non-hydrogen) atoms. The molecule has 4 heteroatoms. The number of carbonyl (C=O) groups is 1. The molecule has 1 saturated carbocycles. The van der Waals surface area contributed by atoms with Gasteiger partial charge in [0.15, 0.2) is 0 Å². The van der Waals surface area contributed by atoms with Crippen LogP contribution in [0, 0.1) is 0 Å². The zero-order valence-corrected chi connectivity index (χ0v) is 9.46. The van der Waals surface area contributed by atoms with Gasteiger partial charge in [0, 0.05) is 0 Å². The Morgan fingerprint density at radius 2 is 1.86 bits per heavy atom. The Labute approximate surface area is 97.0 Å². The minimum absolute atomic E-state index is 0.309. The van der Waals surface area contributed by atoms with Crippen molar-refractivity contribution in [3.63, 3.8) is 0 Å². The summed E-state index contributed by atoms with van der Waals surface area (Å²) in [5, 5.41) is 0.650. The van der Waals surface area contributed by atoms with Crippen LogP contribution in [-0.4, -0.2) is 5.24 Å². The molecule has 0 aromatic heterocycles. The van der Waals surface area contributed by atoms with Gasteiger partial charge in [-0.3, -0.25) is 4.79 Å². The average Bonchev–Trinajstić information content (AvgIpc) is 2.90. The van der Waals surface area contributed by atoms with Gasteiger partial charge in [-0.2, -0.15) is 0 Å². The summed E-state index contributed by atoms with van der Waals surface area (Å²) in [4.78, 5) is 11.2. The topological polar surface area (TPSA) is 17.1 Å². The van der Waals surface area contributed by atoms with E-state index in [0.29, 0.717) is 10.0 Å². The van der Waals surface area contributed by atoms with Gasteiger partial charge < -0.3 is 0 Å². The van der Waals surface area contributed by atoms with Gasteiger partial charge in [0.25, 0.3) is 0 Å². The molecule has 0 bridgehead atoms. The third-order valence-electron chi connectivity index (χ3n) is 2.60. The Kier molecular flexibility index (Phi) is 2.50. The molecule has 1 aromatic carbocycles. The molecule has 74 valence electrons. The standard InChI is InChI=1S/C10H7Cl3O/c11-7-2-1-6(5-8(7)12)10(3-4-10)9(13)14/h1-2,5H,3-4H2. The second-order valence-electron chi connectivity index (χ2n) is 3.48. The van der Waals surface area contributed by atoms with Crippen LogP contribution in [0.5, 0.6) is 0 Å². The second-order valence-corrected chi connectivity index (χ2v) is 4.64. The van der Waals surface area contributed by atoms with E-state index in [-0.39, 0.29) is 5.24 Å². The van der Waals surface area contributed by atoms with E-state index in [9.17, 15) is 4.79 Å². The number of halogens is 3. The largest absolute Gasteiger partial charge is 0.280 e. The first-order valence-electron chi connectivity index (χ1n) is 4.22. The van der Waals surface area contributed by atoms with Crippen LogP contribution in [0.15, 0.2) is 18.2 Å². The highest BCUT2D eigenvalue weighted by molar-refractivity contribution is 6.66. The Morgan fingerprint density at radius 1 is 1.21 bits per heavy atom. The molecule has 0 radical (unpaired) electrons. The SMILES string of the molecule is O=C(Cl)C1(c2ccc(Cl)c(Cl)c2)CC1. The molecule has 0 aliphatic heterocycles. The van der Waals surface area contributed by atoms with Crippen molar-refractivity contribution in [2.45, 2.75) is 18.3 Å². The van der Waals surface area contributed by atoms with Crippen molar-refractivity contribution >= 4 is 40.0 Å². The highest BCUT2D eigenvalue weighted by Crippen LogP contribution is 2.50. The molecule has 0 amide bonds. The molecule has 1 aromatic rings. The first-order chi connectivity index (χ1) is 6.56. The maximum atomic E-state index is 11.2. The lowest BCUT2D eigenvalue weighted by Gasteiger charge is -2.10. The molecular formula is C10H7Cl3O. The zero-order valence-electron chi connectivity index (χ0n) is 7.19. The summed E-state index contributed by atoms with van der Waals surface area (Å²) in [5.74, 6) is 0. The number of hydrogen-bond acceptors (Lipinski definition) is 1. The van der Waals surface area contributed by atoms with Crippen LogP contribution < -0.4 is 0 Å². The summed E-state index contributed by atoms with van der Waals surface area (Å²) < 4.78 is 0. The summed E-state index contributed by atoms with van der Waals surface area (Å²) in [7, 11) is 0. The zero-order chi connectivity index (χ0) is 10.3. The number of benzene rings is 1. The summed E-state index contributed by atoms with van der Waals surface area (Å²) in [6.45, 7) is 0. The van der Waals surface area contributed by atoms with Crippen molar-refractivity contribution in [3.8, 4) is 0 Å². The lowest BCUT2D eigenvalue weighted by atomic mass is 9.98. The van der Waals surface area contributed by atoms with Crippen LogP contribution in [0.1, 0.15) is 18.4 Å². The Bertz CT molecular complexity index is 396. The van der Waals surface area contributed by atoms with Crippen LogP contribution >= 0.6 is 34.8 Å². The summed E-state index contributed by atoms with van der Waals surface area (Å²) in [5.41, 5.74) is 0.377. The quantitative estimate of drug-likeness (QED) is 0.729. The van der Waals surface area contributed by atoms with Crippen LogP contribution in [0.2, 0.25) is 10.0 Å². The maximum absolute atomic E-state index is 11.2. The normalized spacial score (nSPS) is 17.9. The van der Waals surface area contributed by atoms with E-state index in [1.54, 1.807) is 12.1 Å². The van der Waals surface area contributed by atoms with Gasteiger partial charge in [-0.25, -0.2) is 0 Å². The van der Waals surface area contributed by atoms with Crippen molar-refractivity contribution in [2.75, 3.05) is 0 Å². The van der Waals surface area contributed by atoms with E-state index < -0.39 is 5.41 Å². The summed E-state index contributed by atoms with van der Waals surface area (Å²) in [6, 6.07) is 5.22. The van der Waals surface area contributed by atoms with Gasteiger partial charge in [-0.1, -0.05) is 29.3 Å². The second kappa shape index (κ2) is 3.41. The molecule has 1 nitrogen and oxygen atoms in total. The maximum Gasteiger partial charge on any atom is 0.232 e. The third kappa shape index (κ3) is 1.54. The fourth-order valence-corrected chi connectivity index (χ4v) is 2.11. The predicted octanol–water partition coefficient (Wildman–Crippen LogP) is 3.79. The van der Waals surface area contributed by atoms with Crippen molar-refractivity contribution in [2.24, 2.45) is 0 Å². The molecule has 2 rings (SSSR count). The molecule has 1 aliphatic carbocycles. The van der Waals surface area contributed by atoms with E-state index in [4.69, 9.17) is 34.8 Å². The molecule has 0 N–H and O–H groups in total. The molecule has 0 saturated heterocycles. The van der Waals surface area contributed by atoms with Crippen LogP contribution in [0.25, 0.3) is 0 Å². The third-order valence-corrected chi connectivity index (χ3v) is 3.70. The predicted molar refractivity (Wildman–Crippen MR) is 58.2 cm³/mol. The lowest BCUT2D eigenvalue weighted by Crippen LogP contribution is -2.14. The van der Waals surface area contributed by atoms with E-state index in [0.717, 1.165) is 18.4 Å². The van der Waals surface area contributed by atoms with Crippen molar-refractivity contribution in [1.29, 1.82) is 0 Å². The lowest BCUT2D eigenvalue weighted by molar-refractivity contribution is -0.113. The van der Waals surface area contributed by atoms with E-state index in [1.165, 1.54) is 0 Å². The van der Waals surface area contributed by atoms with Gasteiger partial charge in [0.1, 0.15) is 0 Å². The van der Waals surface area contributed by atoms with E-state index >= 15 is 0 Å². The van der Waals surface area contributed by atoms with E-state index in [2.05, 4.69) is 0 Å². The highest BCUT2D eigenvalue weighted by atomic mass is 35.5. The molecule has 0 atom stereocenters. The number of hydrogen-bond donors (Lipinski definition) is 0. The van der Waals surface area contributed by atoms with Crippen molar-refractivity contribution in [3.05, 3.63) is 33.8 Å². The average molecular weight is 250 g/mol. The Hall–Kier alpha value is -0.240. The van der Waals surface area contributed by atoms with Crippen LogP contribution in [0.3, 0.4) is 0 Å². The molecule has 1 aliphatic rings. The fourth-order valence-electron chi connectivity index (χ4n) is 1.52. The van der Waals surface area contributed by atoms with E-state index in [1.807, 2.05) is 6.07 Å². The van der Waals surface area contributed by atoms with Gasteiger partial charge >= 0.3 is 0 Å². The summed E-state index contributed by atoms with van der Waals surface area (Å²) >= 11 is 17.2. The Balaban J connectivity index is 2.43.